The molecule has 7 nitrogen and oxygen atoms in total. The van der Waals surface area contributed by atoms with Gasteiger partial charge in [0, 0.05) is 21.0 Å². The van der Waals surface area contributed by atoms with Gasteiger partial charge in [-0.05, 0) is 18.2 Å². The lowest BCUT2D eigenvalue weighted by Gasteiger charge is -2.34. The third-order valence-corrected chi connectivity index (χ3v) is 5.92. The first-order valence-electron chi connectivity index (χ1n) is 9.09. The highest BCUT2D eigenvalue weighted by Crippen LogP contribution is 2.42. The van der Waals surface area contributed by atoms with Crippen molar-refractivity contribution in [2.45, 2.75) is 6.17 Å². The molecular formula is C21H19BrN4O3S. The zero-order valence-electron chi connectivity index (χ0n) is 16.4. The standard InChI is InChI=1S/C21H19BrN4O3S/c1-4-9-30-21-24-20(27)17-13-7-5-6-8-15(13)23-19(26(17)25-21)14-10-12(22)11-16(28-2)18(14)29-3/h4-8,10-11,19H,1,9H2,2-3H3,(H,24,25,27)/t19-/m0/s1. The molecule has 0 aromatic heterocycles. The molecule has 2 aromatic carbocycles. The van der Waals surface area contributed by atoms with Gasteiger partial charge in [-0.3, -0.25) is 15.1 Å². The predicted molar refractivity (Wildman–Crippen MR) is 121 cm³/mol. The molecule has 30 heavy (non-hydrogen) atoms. The molecule has 2 heterocycles. The summed E-state index contributed by atoms with van der Waals surface area (Å²) in [5, 5.41) is 11.1. The van der Waals surface area contributed by atoms with Crippen molar-refractivity contribution in [1.29, 1.82) is 0 Å². The maximum absolute atomic E-state index is 13.1. The smallest absolute Gasteiger partial charge is 0.276 e. The maximum atomic E-state index is 13.1. The predicted octanol–water partition coefficient (Wildman–Crippen LogP) is 2.53. The van der Waals surface area contributed by atoms with Crippen LogP contribution >= 0.6 is 27.7 Å². The van der Waals surface area contributed by atoms with Crippen molar-refractivity contribution in [2.24, 2.45) is 10.1 Å². The number of nitrogens with zero attached hydrogens (tertiary/aromatic N) is 3. The number of fused-ring (bicyclic) bond motifs is 2. The summed E-state index contributed by atoms with van der Waals surface area (Å²) in [6, 6.07) is 11.2. The third-order valence-electron chi connectivity index (χ3n) is 4.60. The minimum atomic E-state index is -0.610. The van der Waals surface area contributed by atoms with Crippen molar-refractivity contribution in [2.75, 3.05) is 20.0 Å². The molecule has 154 valence electrons. The van der Waals surface area contributed by atoms with Gasteiger partial charge in [0.15, 0.2) is 22.8 Å². The van der Waals surface area contributed by atoms with E-state index in [1.54, 1.807) is 25.3 Å². The van der Waals surface area contributed by atoms with Crippen LogP contribution in [0.25, 0.3) is 5.70 Å². The van der Waals surface area contributed by atoms with Crippen molar-refractivity contribution in [3.8, 4) is 11.5 Å². The summed E-state index contributed by atoms with van der Waals surface area (Å²) < 4.78 is 12.0. The number of amidine groups is 1. The van der Waals surface area contributed by atoms with Crippen LogP contribution in [0.15, 0.2) is 63.6 Å². The number of hydrogen-bond acceptors (Lipinski definition) is 7. The summed E-state index contributed by atoms with van der Waals surface area (Å²) in [4.78, 5) is 18.0. The summed E-state index contributed by atoms with van der Waals surface area (Å²) in [5.74, 6) is 1.48. The number of rotatable bonds is 5. The molecule has 0 unspecified atom stereocenters. The van der Waals surface area contributed by atoms with E-state index in [0.717, 1.165) is 15.3 Å². The summed E-state index contributed by atoms with van der Waals surface area (Å²) >= 11 is 4.92. The van der Waals surface area contributed by atoms with Gasteiger partial charge in [0.2, 0.25) is 0 Å². The monoisotopic (exact) mass is 486 g/mol. The number of thioether (sulfide) groups is 1. The average Bonchev–Trinajstić information content (AvgIpc) is 2.76. The molecule has 4 rings (SSSR count). The van der Waals surface area contributed by atoms with Gasteiger partial charge in [0.05, 0.1) is 19.6 Å². The molecule has 1 amide bonds. The average molecular weight is 487 g/mol. The van der Waals surface area contributed by atoms with Gasteiger partial charge >= 0.3 is 0 Å². The van der Waals surface area contributed by atoms with Crippen LogP contribution in [0.5, 0.6) is 11.5 Å². The molecule has 2 aliphatic heterocycles. The van der Waals surface area contributed by atoms with Crippen LogP contribution in [0.2, 0.25) is 0 Å². The Balaban J connectivity index is 1.97. The Morgan fingerprint density at radius 2 is 2.10 bits per heavy atom. The molecule has 9 heteroatoms. The number of para-hydroxylation sites is 1. The maximum Gasteiger partial charge on any atom is 0.276 e. The summed E-state index contributed by atoms with van der Waals surface area (Å²) in [6.45, 7) is 3.73. The molecule has 0 aliphatic carbocycles. The Labute approximate surface area is 186 Å². The van der Waals surface area contributed by atoms with E-state index in [1.807, 2.05) is 36.4 Å². The van der Waals surface area contributed by atoms with E-state index in [9.17, 15) is 4.79 Å². The lowest BCUT2D eigenvalue weighted by molar-refractivity contribution is -0.116. The number of hydrogen-bond donors (Lipinski definition) is 1. The van der Waals surface area contributed by atoms with Crippen LogP contribution in [-0.4, -0.2) is 36.1 Å². The number of nitrogens with one attached hydrogen (secondary N) is 1. The molecular weight excluding hydrogens is 468 g/mol. The molecule has 2 aromatic rings. The minimum absolute atomic E-state index is 0.232. The largest absolute Gasteiger partial charge is 0.493 e. The first kappa shape index (κ1) is 20.5. The fourth-order valence-corrected chi connectivity index (χ4v) is 4.42. The quantitative estimate of drug-likeness (QED) is 0.657. The van der Waals surface area contributed by atoms with Gasteiger partial charge < -0.3 is 9.47 Å². The second kappa shape index (κ2) is 8.53. The SMILES string of the molecule is C=CCSC1=NN2C(=c3ccccc3=N[C@@H]2c2cc(Br)cc(OC)c2OC)C(=O)N1. The Hall–Kier alpha value is -2.78. The van der Waals surface area contributed by atoms with E-state index < -0.39 is 6.17 Å². The molecule has 0 bridgehead atoms. The second-order valence-corrected chi connectivity index (χ2v) is 8.33. The van der Waals surface area contributed by atoms with E-state index in [1.165, 1.54) is 11.8 Å². The summed E-state index contributed by atoms with van der Waals surface area (Å²) in [5.41, 5.74) is 1.16. The highest BCUT2D eigenvalue weighted by atomic mass is 79.9. The van der Waals surface area contributed by atoms with Gasteiger partial charge in [0.25, 0.3) is 5.91 Å². The normalized spacial score (nSPS) is 17.2. The van der Waals surface area contributed by atoms with Crippen LogP contribution in [0.1, 0.15) is 11.7 Å². The molecule has 0 saturated carbocycles. The fraction of sp³-hybridized carbons (Fsp3) is 0.190. The lowest BCUT2D eigenvalue weighted by Crippen LogP contribution is -2.50. The van der Waals surface area contributed by atoms with Crippen molar-refractivity contribution in [3.63, 3.8) is 0 Å². The highest BCUT2D eigenvalue weighted by molar-refractivity contribution is 9.10. The third kappa shape index (κ3) is 3.59. The van der Waals surface area contributed by atoms with Crippen molar-refractivity contribution in [3.05, 3.63) is 69.7 Å². The van der Waals surface area contributed by atoms with Gasteiger partial charge in [-0.25, -0.2) is 5.01 Å². The molecule has 0 radical (unpaired) electrons. The summed E-state index contributed by atoms with van der Waals surface area (Å²) in [7, 11) is 3.16. The zero-order valence-corrected chi connectivity index (χ0v) is 18.8. The highest BCUT2D eigenvalue weighted by Gasteiger charge is 2.36. The van der Waals surface area contributed by atoms with E-state index in [-0.39, 0.29) is 5.91 Å². The minimum Gasteiger partial charge on any atom is -0.493 e. The second-order valence-electron chi connectivity index (χ2n) is 6.40. The van der Waals surface area contributed by atoms with Crippen molar-refractivity contribution in [1.82, 2.24) is 10.3 Å². The van der Waals surface area contributed by atoms with E-state index in [0.29, 0.717) is 33.5 Å². The van der Waals surface area contributed by atoms with Crippen LogP contribution in [0.3, 0.4) is 0 Å². The van der Waals surface area contributed by atoms with Crippen molar-refractivity contribution < 1.29 is 14.3 Å². The number of carbonyl (C=O) groups excluding carboxylic acids is 1. The Kier molecular flexibility index (Phi) is 5.83. The lowest BCUT2D eigenvalue weighted by atomic mass is 10.1. The summed E-state index contributed by atoms with van der Waals surface area (Å²) in [6.07, 6.45) is 1.15. The number of methoxy groups -OCH3 is 2. The number of benzene rings is 2. The number of carbonyl (C=O) groups is 1. The van der Waals surface area contributed by atoms with E-state index in [2.05, 4.69) is 27.8 Å². The number of ether oxygens (including phenoxy) is 2. The first-order valence-corrected chi connectivity index (χ1v) is 10.9. The zero-order chi connectivity index (χ0) is 21.3. The molecule has 0 spiro atoms. The van der Waals surface area contributed by atoms with Crippen LogP contribution in [0.4, 0.5) is 0 Å². The molecule has 2 aliphatic rings. The Bertz CT molecular complexity index is 1180. The molecule has 0 saturated heterocycles. The van der Waals surface area contributed by atoms with Crippen LogP contribution in [0, 0.1) is 0 Å². The topological polar surface area (TPSA) is 75.5 Å². The fourth-order valence-electron chi connectivity index (χ4n) is 3.38. The number of hydrazone groups is 1. The van der Waals surface area contributed by atoms with Crippen LogP contribution < -0.4 is 25.4 Å². The van der Waals surface area contributed by atoms with Gasteiger partial charge in [-0.2, -0.15) is 0 Å². The van der Waals surface area contributed by atoms with Gasteiger partial charge in [0.1, 0.15) is 5.70 Å². The number of amides is 1. The van der Waals surface area contributed by atoms with Crippen LogP contribution in [-0.2, 0) is 4.79 Å². The Morgan fingerprint density at radius 3 is 2.83 bits per heavy atom. The van der Waals surface area contributed by atoms with Gasteiger partial charge in [-0.1, -0.05) is 52.0 Å². The first-order chi connectivity index (χ1) is 14.6. The van der Waals surface area contributed by atoms with Gasteiger partial charge in [-0.15, -0.1) is 11.7 Å². The van der Waals surface area contributed by atoms with E-state index >= 15 is 0 Å². The Morgan fingerprint density at radius 1 is 1.30 bits per heavy atom. The van der Waals surface area contributed by atoms with Crippen molar-refractivity contribution >= 4 is 44.5 Å². The molecule has 1 atom stereocenters. The number of halogens is 1. The van der Waals surface area contributed by atoms with E-state index in [4.69, 9.17) is 19.6 Å². The molecule has 0 fully saturated rings. The molecule has 1 N–H and O–H groups in total.